The molecule has 144 valence electrons. The van der Waals surface area contributed by atoms with E-state index in [-0.39, 0.29) is 12.3 Å². The Morgan fingerprint density at radius 1 is 1.04 bits per heavy atom. The van der Waals surface area contributed by atoms with Crippen molar-refractivity contribution in [2.24, 2.45) is 0 Å². The Morgan fingerprint density at radius 2 is 1.70 bits per heavy atom. The van der Waals surface area contributed by atoms with Gasteiger partial charge in [-0.2, -0.15) is 13.2 Å². The van der Waals surface area contributed by atoms with E-state index in [0.717, 1.165) is 17.7 Å². The van der Waals surface area contributed by atoms with Crippen molar-refractivity contribution in [3.63, 3.8) is 0 Å². The Morgan fingerprint density at radius 3 is 2.33 bits per heavy atom. The molecule has 0 saturated heterocycles. The Balaban J connectivity index is 2.21. The second-order valence-corrected chi connectivity index (χ2v) is 9.60. The lowest BCUT2D eigenvalue weighted by Gasteiger charge is -2.39. The molecule has 0 aromatic heterocycles. The van der Waals surface area contributed by atoms with Gasteiger partial charge in [-0.3, -0.25) is 4.79 Å². The third-order valence-electron chi connectivity index (χ3n) is 4.40. The molecule has 0 N–H and O–H groups in total. The van der Waals surface area contributed by atoms with Gasteiger partial charge in [-0.15, -0.1) is 0 Å². The van der Waals surface area contributed by atoms with Gasteiger partial charge in [-0.05, 0) is 49.6 Å². The molecule has 0 saturated carbocycles. The number of rotatable bonds is 2. The predicted molar refractivity (Wildman–Crippen MR) is 98.2 cm³/mol. The first-order chi connectivity index (χ1) is 12.5. The number of nitrogens with zero attached hydrogens (tertiary/aromatic N) is 1. The zero-order valence-electron chi connectivity index (χ0n) is 15.2. The smallest absolute Gasteiger partial charge is 0.273 e. The van der Waals surface area contributed by atoms with Crippen LogP contribution in [-0.2, 0) is 28.4 Å². The first kappa shape index (κ1) is 19.6. The molecule has 3 nitrogen and oxygen atoms in total. The number of carbonyl (C=O) groups is 1. The normalized spacial score (nSPS) is 19.0. The van der Waals surface area contributed by atoms with Crippen molar-refractivity contribution in [1.29, 1.82) is 0 Å². The maximum Gasteiger partial charge on any atom is 0.416 e. The van der Waals surface area contributed by atoms with E-state index in [2.05, 4.69) is 0 Å². The molecule has 1 amide bonds. The number of benzene rings is 2. The standard InChI is InChI=1S/C20H20F3NO2S/c1-19(2,3)27(26)24-17(25)12-13-7-4-5-10-16(13)18(24)14-8-6-9-15(11-14)20(21,22)23/h4-11,18H,12H2,1-3H3/t18-,27+/m0/s1. The van der Waals surface area contributed by atoms with Crippen LogP contribution in [0, 0.1) is 0 Å². The number of fused-ring (bicyclic) bond motifs is 1. The zero-order valence-corrected chi connectivity index (χ0v) is 16.0. The molecule has 0 radical (unpaired) electrons. The van der Waals surface area contributed by atoms with Crippen LogP contribution >= 0.6 is 0 Å². The molecule has 0 bridgehead atoms. The molecule has 0 unspecified atom stereocenters. The summed E-state index contributed by atoms with van der Waals surface area (Å²) in [6.45, 7) is 5.21. The third kappa shape index (κ3) is 3.78. The van der Waals surface area contributed by atoms with E-state index in [1.54, 1.807) is 51.1 Å². The van der Waals surface area contributed by atoms with Gasteiger partial charge in [-0.1, -0.05) is 36.4 Å². The summed E-state index contributed by atoms with van der Waals surface area (Å²) in [4.78, 5) is 12.8. The van der Waals surface area contributed by atoms with Crippen molar-refractivity contribution >= 4 is 16.9 Å². The van der Waals surface area contributed by atoms with Crippen molar-refractivity contribution in [2.75, 3.05) is 0 Å². The molecule has 0 fully saturated rings. The molecule has 0 spiro atoms. The number of hydrogen-bond donors (Lipinski definition) is 0. The summed E-state index contributed by atoms with van der Waals surface area (Å²) in [6.07, 6.45) is -4.42. The molecule has 3 rings (SSSR count). The van der Waals surface area contributed by atoms with Crippen molar-refractivity contribution in [3.05, 3.63) is 70.8 Å². The number of alkyl halides is 3. The summed E-state index contributed by atoms with van der Waals surface area (Å²) >= 11 is 0. The number of hydrogen-bond acceptors (Lipinski definition) is 2. The summed E-state index contributed by atoms with van der Waals surface area (Å²) in [5.74, 6) is -0.357. The molecule has 2 atom stereocenters. The van der Waals surface area contributed by atoms with Crippen molar-refractivity contribution < 1.29 is 22.2 Å². The van der Waals surface area contributed by atoms with Crippen molar-refractivity contribution in [1.82, 2.24) is 4.31 Å². The number of halogens is 3. The lowest BCUT2D eigenvalue weighted by Crippen LogP contribution is -2.47. The van der Waals surface area contributed by atoms with E-state index < -0.39 is 33.5 Å². The van der Waals surface area contributed by atoms with E-state index in [9.17, 15) is 22.2 Å². The maximum atomic E-state index is 13.2. The summed E-state index contributed by atoms with van der Waals surface area (Å²) in [5.41, 5.74) is 0.945. The topological polar surface area (TPSA) is 37.4 Å². The van der Waals surface area contributed by atoms with E-state index in [0.29, 0.717) is 11.1 Å². The van der Waals surface area contributed by atoms with Crippen molar-refractivity contribution in [2.45, 2.75) is 44.2 Å². The molecule has 2 aromatic carbocycles. The van der Waals surface area contributed by atoms with Crippen LogP contribution in [0.1, 0.15) is 49.1 Å². The highest BCUT2D eigenvalue weighted by Crippen LogP contribution is 2.40. The molecule has 0 aliphatic carbocycles. The largest absolute Gasteiger partial charge is 0.416 e. The quantitative estimate of drug-likeness (QED) is 0.743. The monoisotopic (exact) mass is 395 g/mol. The Hall–Kier alpha value is -2.15. The summed E-state index contributed by atoms with van der Waals surface area (Å²) in [5, 5.41) is 0. The lowest BCUT2D eigenvalue weighted by molar-refractivity contribution is -0.137. The van der Waals surface area contributed by atoms with E-state index in [4.69, 9.17) is 0 Å². The van der Waals surface area contributed by atoms with E-state index in [1.165, 1.54) is 10.4 Å². The Kier molecular flexibility index (Phi) is 4.93. The highest BCUT2D eigenvalue weighted by Gasteiger charge is 2.41. The van der Waals surface area contributed by atoms with Crippen LogP contribution in [-0.4, -0.2) is 19.2 Å². The Labute approximate surface area is 158 Å². The van der Waals surface area contributed by atoms with Crippen LogP contribution in [0.15, 0.2) is 48.5 Å². The summed E-state index contributed by atoms with van der Waals surface area (Å²) in [6, 6.07) is 11.2. The van der Waals surface area contributed by atoms with Gasteiger partial charge in [0.25, 0.3) is 0 Å². The van der Waals surface area contributed by atoms with Gasteiger partial charge in [0.05, 0.1) is 22.8 Å². The van der Waals surface area contributed by atoms with E-state index >= 15 is 0 Å². The fourth-order valence-electron chi connectivity index (χ4n) is 3.16. The average molecular weight is 395 g/mol. The number of amides is 1. The van der Waals surface area contributed by atoms with Crippen LogP contribution in [0.3, 0.4) is 0 Å². The minimum atomic E-state index is -4.50. The first-order valence-electron chi connectivity index (χ1n) is 8.49. The molecular weight excluding hydrogens is 375 g/mol. The van der Waals surface area contributed by atoms with Gasteiger partial charge in [0.15, 0.2) is 0 Å². The minimum absolute atomic E-state index is 0.0768. The van der Waals surface area contributed by atoms with Crippen LogP contribution < -0.4 is 0 Å². The van der Waals surface area contributed by atoms with Crippen LogP contribution in [0.4, 0.5) is 13.2 Å². The van der Waals surface area contributed by atoms with E-state index in [1.807, 2.05) is 0 Å². The maximum absolute atomic E-state index is 13.2. The molecule has 1 aliphatic rings. The van der Waals surface area contributed by atoms with Crippen LogP contribution in [0.5, 0.6) is 0 Å². The third-order valence-corrected chi connectivity index (χ3v) is 6.22. The zero-order chi connectivity index (χ0) is 20.0. The highest BCUT2D eigenvalue weighted by molar-refractivity contribution is 7.84. The molecule has 27 heavy (non-hydrogen) atoms. The molecule has 2 aromatic rings. The average Bonchev–Trinajstić information content (AvgIpc) is 2.58. The van der Waals surface area contributed by atoms with Gasteiger partial charge in [-0.25, -0.2) is 8.51 Å². The fourth-order valence-corrected chi connectivity index (χ4v) is 4.42. The second-order valence-electron chi connectivity index (χ2n) is 7.48. The number of carbonyl (C=O) groups excluding carboxylic acids is 1. The highest BCUT2D eigenvalue weighted by atomic mass is 32.2. The van der Waals surface area contributed by atoms with Crippen LogP contribution in [0.25, 0.3) is 0 Å². The first-order valence-corrected chi connectivity index (χ1v) is 9.60. The van der Waals surface area contributed by atoms with Crippen molar-refractivity contribution in [3.8, 4) is 0 Å². The fraction of sp³-hybridized carbons (Fsp3) is 0.350. The lowest BCUT2D eigenvalue weighted by atomic mass is 9.89. The molecule has 1 heterocycles. The molecule has 1 aliphatic heterocycles. The second kappa shape index (κ2) is 6.78. The van der Waals surface area contributed by atoms with Crippen LogP contribution in [0.2, 0.25) is 0 Å². The minimum Gasteiger partial charge on any atom is -0.273 e. The van der Waals surface area contributed by atoms with Gasteiger partial charge in [0, 0.05) is 0 Å². The molecular formula is C20H20F3NO2S. The predicted octanol–water partition coefficient (Wildman–Crippen LogP) is 4.64. The SMILES string of the molecule is CC(C)(C)[S@@](=O)N1C(=O)Cc2ccccc2[C@@H]1c1cccc(C(F)(F)F)c1. The van der Waals surface area contributed by atoms with Gasteiger partial charge in [0.2, 0.25) is 5.91 Å². The molecule has 7 heteroatoms. The summed E-state index contributed by atoms with van der Waals surface area (Å²) in [7, 11) is -1.72. The van der Waals surface area contributed by atoms with Gasteiger partial charge < -0.3 is 0 Å². The van der Waals surface area contributed by atoms with Gasteiger partial charge in [0.1, 0.15) is 11.0 Å². The Bertz CT molecular complexity index is 903. The summed E-state index contributed by atoms with van der Waals surface area (Å²) < 4.78 is 53.2. The van der Waals surface area contributed by atoms with Gasteiger partial charge >= 0.3 is 6.18 Å².